The van der Waals surface area contributed by atoms with E-state index in [4.69, 9.17) is 17.0 Å². The number of hydrogen-bond donors (Lipinski definition) is 1. The lowest BCUT2D eigenvalue weighted by atomic mass is 10.1. The normalized spacial score (nSPS) is 10.3. The number of aryl methyl sites for hydroxylation is 2. The number of aromatic amines is 1. The molecule has 2 aromatic rings. The third-order valence-corrected chi connectivity index (χ3v) is 2.75. The minimum absolute atomic E-state index is 0.602. The number of hydrogen-bond acceptors (Lipinski definition) is 3. The molecule has 0 aliphatic rings. The lowest BCUT2D eigenvalue weighted by Gasteiger charge is -2.07. The van der Waals surface area contributed by atoms with Gasteiger partial charge in [-0.3, -0.25) is 0 Å². The highest BCUT2D eigenvalue weighted by Crippen LogP contribution is 2.23. The van der Waals surface area contributed by atoms with Crippen molar-refractivity contribution in [3.8, 4) is 17.1 Å². The van der Waals surface area contributed by atoms with Gasteiger partial charge in [0.15, 0.2) is 0 Å². The Labute approximate surface area is 105 Å². The van der Waals surface area contributed by atoms with E-state index in [0.717, 1.165) is 28.4 Å². The van der Waals surface area contributed by atoms with E-state index in [1.54, 1.807) is 7.11 Å². The van der Waals surface area contributed by atoms with Gasteiger partial charge in [0.25, 0.3) is 0 Å². The van der Waals surface area contributed by atoms with Gasteiger partial charge in [0, 0.05) is 11.3 Å². The molecule has 17 heavy (non-hydrogen) atoms. The quantitative estimate of drug-likeness (QED) is 0.825. The molecule has 88 valence electrons. The second-order valence-corrected chi connectivity index (χ2v) is 4.35. The van der Waals surface area contributed by atoms with Crippen LogP contribution in [0, 0.1) is 18.5 Å². The van der Waals surface area contributed by atoms with Gasteiger partial charge in [-0.05, 0) is 43.7 Å². The van der Waals surface area contributed by atoms with E-state index in [1.165, 1.54) is 0 Å². The highest BCUT2D eigenvalue weighted by atomic mass is 32.1. The lowest BCUT2D eigenvalue weighted by Crippen LogP contribution is -1.93. The van der Waals surface area contributed by atoms with Gasteiger partial charge in [0.05, 0.1) is 7.11 Å². The SMILES string of the molecule is COc1ccc(-c2nc(=S)cc(C)[nH]2)cc1C. The van der Waals surface area contributed by atoms with Gasteiger partial charge in [-0.15, -0.1) is 0 Å². The molecule has 4 heteroatoms. The van der Waals surface area contributed by atoms with E-state index in [0.29, 0.717) is 4.64 Å². The lowest BCUT2D eigenvalue weighted by molar-refractivity contribution is 0.412. The van der Waals surface area contributed by atoms with E-state index < -0.39 is 0 Å². The molecule has 0 amide bonds. The average Bonchev–Trinajstić information content (AvgIpc) is 2.27. The molecule has 3 nitrogen and oxygen atoms in total. The van der Waals surface area contributed by atoms with Crippen LogP contribution in [-0.4, -0.2) is 17.1 Å². The average molecular weight is 246 g/mol. The number of methoxy groups -OCH3 is 1. The molecule has 1 N–H and O–H groups in total. The van der Waals surface area contributed by atoms with E-state index >= 15 is 0 Å². The molecule has 1 aromatic carbocycles. The number of H-pyrrole nitrogens is 1. The first-order chi connectivity index (χ1) is 8.10. The monoisotopic (exact) mass is 246 g/mol. The number of aromatic nitrogens is 2. The first-order valence-corrected chi connectivity index (χ1v) is 5.74. The molecule has 1 aromatic heterocycles. The summed E-state index contributed by atoms with van der Waals surface area (Å²) < 4.78 is 5.83. The molecule has 0 saturated heterocycles. The van der Waals surface area contributed by atoms with Crippen LogP contribution >= 0.6 is 12.2 Å². The number of benzene rings is 1. The minimum atomic E-state index is 0.602. The van der Waals surface area contributed by atoms with Crippen molar-refractivity contribution in [3.05, 3.63) is 40.2 Å². The molecular formula is C13H14N2OS. The van der Waals surface area contributed by atoms with Crippen molar-refractivity contribution in [2.75, 3.05) is 7.11 Å². The first-order valence-electron chi connectivity index (χ1n) is 5.33. The zero-order valence-corrected chi connectivity index (χ0v) is 10.9. The van der Waals surface area contributed by atoms with Crippen molar-refractivity contribution >= 4 is 12.2 Å². The molecule has 1 heterocycles. The molecule has 0 saturated carbocycles. The van der Waals surface area contributed by atoms with Crippen molar-refractivity contribution in [2.24, 2.45) is 0 Å². The van der Waals surface area contributed by atoms with Gasteiger partial charge in [-0.25, -0.2) is 4.98 Å². The van der Waals surface area contributed by atoms with Crippen molar-refractivity contribution in [2.45, 2.75) is 13.8 Å². The van der Waals surface area contributed by atoms with E-state index in [-0.39, 0.29) is 0 Å². The summed E-state index contributed by atoms with van der Waals surface area (Å²) in [6.45, 7) is 3.98. The van der Waals surface area contributed by atoms with Gasteiger partial charge in [0.2, 0.25) is 0 Å². The Balaban J connectivity index is 2.53. The van der Waals surface area contributed by atoms with Gasteiger partial charge < -0.3 is 9.72 Å². The van der Waals surface area contributed by atoms with E-state index in [2.05, 4.69) is 9.97 Å². The summed E-state index contributed by atoms with van der Waals surface area (Å²) >= 11 is 5.11. The van der Waals surface area contributed by atoms with E-state index in [9.17, 15) is 0 Å². The van der Waals surface area contributed by atoms with E-state index in [1.807, 2.05) is 38.1 Å². The Morgan fingerprint density at radius 1 is 1.24 bits per heavy atom. The Kier molecular flexibility index (Phi) is 3.24. The second kappa shape index (κ2) is 4.67. The maximum atomic E-state index is 5.23. The molecule has 0 fully saturated rings. The molecule has 0 bridgehead atoms. The molecule has 0 spiro atoms. The summed E-state index contributed by atoms with van der Waals surface area (Å²) in [4.78, 5) is 7.53. The van der Waals surface area contributed by atoms with Crippen LogP contribution in [0.3, 0.4) is 0 Å². The predicted octanol–water partition coefficient (Wildman–Crippen LogP) is 3.43. The summed E-state index contributed by atoms with van der Waals surface area (Å²) in [5, 5.41) is 0. The molecular weight excluding hydrogens is 232 g/mol. The van der Waals surface area contributed by atoms with Crippen LogP contribution in [0.25, 0.3) is 11.4 Å². The highest BCUT2D eigenvalue weighted by molar-refractivity contribution is 7.71. The fourth-order valence-corrected chi connectivity index (χ4v) is 2.01. The smallest absolute Gasteiger partial charge is 0.139 e. The van der Waals surface area contributed by atoms with Gasteiger partial charge in [-0.2, -0.15) is 0 Å². The maximum Gasteiger partial charge on any atom is 0.139 e. The van der Waals surface area contributed by atoms with Crippen molar-refractivity contribution in [1.82, 2.24) is 9.97 Å². The molecule has 0 aliphatic heterocycles. The van der Waals surface area contributed by atoms with Gasteiger partial charge >= 0.3 is 0 Å². The summed E-state index contributed by atoms with van der Waals surface area (Å²) in [5.41, 5.74) is 3.10. The standard InChI is InChI=1S/C13H14N2OS/c1-8-6-10(4-5-11(8)16-3)13-14-9(2)7-12(17)15-13/h4-7H,1-3H3,(H,14,15,17). The second-order valence-electron chi connectivity index (χ2n) is 3.94. The van der Waals surface area contributed by atoms with Crippen molar-refractivity contribution < 1.29 is 4.74 Å². The summed E-state index contributed by atoms with van der Waals surface area (Å²) in [6, 6.07) is 7.78. The van der Waals surface area contributed by atoms with Crippen LogP contribution in [0.4, 0.5) is 0 Å². The Morgan fingerprint density at radius 2 is 2.00 bits per heavy atom. The largest absolute Gasteiger partial charge is 0.496 e. The van der Waals surface area contributed by atoms with Gasteiger partial charge in [0.1, 0.15) is 16.2 Å². The number of nitrogens with one attached hydrogen (secondary N) is 1. The maximum absolute atomic E-state index is 5.23. The zero-order valence-electron chi connectivity index (χ0n) is 10.1. The topological polar surface area (TPSA) is 37.9 Å². The van der Waals surface area contributed by atoms with Gasteiger partial charge in [-0.1, -0.05) is 12.2 Å². The summed E-state index contributed by atoms with van der Waals surface area (Å²) in [7, 11) is 1.67. The number of rotatable bonds is 2. The van der Waals surface area contributed by atoms with Crippen LogP contribution in [0.2, 0.25) is 0 Å². The Morgan fingerprint density at radius 3 is 2.59 bits per heavy atom. The van der Waals surface area contributed by atoms with Crippen LogP contribution in [0.5, 0.6) is 5.75 Å². The molecule has 2 rings (SSSR count). The fourth-order valence-electron chi connectivity index (χ4n) is 1.74. The van der Waals surface area contributed by atoms with Crippen LogP contribution in [0.15, 0.2) is 24.3 Å². The van der Waals surface area contributed by atoms with Crippen molar-refractivity contribution in [1.29, 1.82) is 0 Å². The summed E-state index contributed by atoms with van der Waals surface area (Å²) in [6.07, 6.45) is 0. The number of nitrogens with zero attached hydrogens (tertiary/aromatic N) is 1. The predicted molar refractivity (Wildman–Crippen MR) is 70.9 cm³/mol. The first kappa shape index (κ1) is 11.8. The Hall–Kier alpha value is -1.68. The van der Waals surface area contributed by atoms with Crippen LogP contribution in [-0.2, 0) is 0 Å². The molecule has 0 radical (unpaired) electrons. The third-order valence-electron chi connectivity index (χ3n) is 2.55. The third kappa shape index (κ3) is 2.53. The molecule has 0 unspecified atom stereocenters. The molecule has 0 atom stereocenters. The Bertz CT molecular complexity index is 605. The summed E-state index contributed by atoms with van der Waals surface area (Å²) in [5.74, 6) is 1.67. The number of ether oxygens (including phenoxy) is 1. The van der Waals surface area contributed by atoms with Crippen LogP contribution < -0.4 is 4.74 Å². The minimum Gasteiger partial charge on any atom is -0.496 e. The zero-order chi connectivity index (χ0) is 12.4. The van der Waals surface area contributed by atoms with Crippen molar-refractivity contribution in [3.63, 3.8) is 0 Å². The highest BCUT2D eigenvalue weighted by Gasteiger charge is 2.04. The molecule has 0 aliphatic carbocycles. The van der Waals surface area contributed by atoms with Crippen LogP contribution in [0.1, 0.15) is 11.3 Å². The fraction of sp³-hybridized carbons (Fsp3) is 0.231.